The van der Waals surface area contributed by atoms with Crippen molar-refractivity contribution in [3.8, 4) is 0 Å². The average Bonchev–Trinajstić information content (AvgIpc) is 2.72. The molecule has 1 atom stereocenters. The Kier molecular flexibility index (Phi) is 5.66. The molecule has 1 aromatic heterocycles. The van der Waals surface area contributed by atoms with E-state index in [9.17, 15) is 26.3 Å². The Morgan fingerprint density at radius 1 is 1.14 bits per heavy atom. The third-order valence-corrected chi connectivity index (χ3v) is 3.12. The number of nitrogens with one attached hydrogen (secondary N) is 1. The Hall–Kier alpha value is -1.25. The van der Waals surface area contributed by atoms with Gasteiger partial charge in [0, 0.05) is 31.4 Å². The number of aryl methyl sites for hydroxylation is 1. The van der Waals surface area contributed by atoms with Crippen molar-refractivity contribution in [1.82, 2.24) is 14.9 Å². The van der Waals surface area contributed by atoms with Crippen LogP contribution in [0.2, 0.25) is 0 Å². The summed E-state index contributed by atoms with van der Waals surface area (Å²) < 4.78 is 78.4. The van der Waals surface area contributed by atoms with Crippen molar-refractivity contribution in [2.45, 2.75) is 45.2 Å². The highest BCUT2D eigenvalue weighted by Crippen LogP contribution is 2.42. The van der Waals surface area contributed by atoms with Crippen LogP contribution in [0, 0.1) is 5.92 Å². The minimum absolute atomic E-state index is 0.000159. The summed E-state index contributed by atoms with van der Waals surface area (Å²) in [7, 11) is 0. The van der Waals surface area contributed by atoms with Crippen molar-refractivity contribution in [2.24, 2.45) is 5.92 Å². The van der Waals surface area contributed by atoms with Gasteiger partial charge in [0.15, 0.2) is 5.92 Å². The third kappa shape index (κ3) is 4.62. The van der Waals surface area contributed by atoms with E-state index in [1.165, 1.54) is 23.9 Å². The number of halogens is 6. The number of imidazole rings is 1. The molecule has 1 rings (SSSR count). The van der Waals surface area contributed by atoms with Gasteiger partial charge in [-0.3, -0.25) is 0 Å². The van der Waals surface area contributed by atoms with E-state index < -0.39 is 30.7 Å². The molecular formula is C12H17F6N3. The van der Waals surface area contributed by atoms with Crippen molar-refractivity contribution in [1.29, 1.82) is 0 Å². The van der Waals surface area contributed by atoms with Crippen molar-refractivity contribution in [2.75, 3.05) is 6.54 Å². The van der Waals surface area contributed by atoms with E-state index in [4.69, 9.17) is 0 Å². The maximum atomic E-state index is 12.8. The standard InChI is InChI=1S/C12H17F6N3/c1-3-19-8(7-9-20-5-6-21(9)4-2)10(11(13,14)15)12(16,17)18/h5-6,8,10,19H,3-4,7H2,1-2H3. The smallest absolute Gasteiger partial charge is 0.335 e. The van der Waals surface area contributed by atoms with Crippen LogP contribution >= 0.6 is 0 Å². The first-order chi connectivity index (χ1) is 9.61. The number of hydrogen-bond donors (Lipinski definition) is 1. The molecule has 21 heavy (non-hydrogen) atoms. The first-order valence-electron chi connectivity index (χ1n) is 6.48. The average molecular weight is 317 g/mol. The summed E-state index contributed by atoms with van der Waals surface area (Å²) in [6.07, 6.45) is -8.30. The van der Waals surface area contributed by atoms with E-state index in [0.717, 1.165) is 0 Å². The first kappa shape index (κ1) is 17.8. The quantitative estimate of drug-likeness (QED) is 0.817. The van der Waals surface area contributed by atoms with E-state index in [0.29, 0.717) is 6.54 Å². The Balaban J connectivity index is 3.08. The lowest BCUT2D eigenvalue weighted by atomic mass is 9.95. The molecular weight excluding hydrogens is 300 g/mol. The van der Waals surface area contributed by atoms with Gasteiger partial charge < -0.3 is 9.88 Å². The number of likely N-dealkylation sites (N-methyl/N-ethyl adjacent to an activating group) is 1. The monoisotopic (exact) mass is 317 g/mol. The third-order valence-electron chi connectivity index (χ3n) is 3.12. The van der Waals surface area contributed by atoms with Crippen LogP contribution < -0.4 is 5.32 Å². The fourth-order valence-electron chi connectivity index (χ4n) is 2.23. The predicted octanol–water partition coefficient (Wildman–Crippen LogP) is 3.16. The highest BCUT2D eigenvalue weighted by atomic mass is 19.4. The Bertz CT molecular complexity index is 423. The van der Waals surface area contributed by atoms with Crippen LogP contribution in [0.5, 0.6) is 0 Å². The molecule has 0 saturated carbocycles. The fourth-order valence-corrected chi connectivity index (χ4v) is 2.23. The van der Waals surface area contributed by atoms with E-state index >= 15 is 0 Å². The summed E-state index contributed by atoms with van der Waals surface area (Å²) in [5.41, 5.74) is 0. The number of aromatic nitrogens is 2. The van der Waals surface area contributed by atoms with E-state index in [1.54, 1.807) is 6.92 Å². The SMILES string of the molecule is CCNC(Cc1nccn1CC)C(C(F)(F)F)C(F)(F)F. The maximum absolute atomic E-state index is 12.8. The van der Waals surface area contributed by atoms with Gasteiger partial charge in [0.25, 0.3) is 0 Å². The van der Waals surface area contributed by atoms with Crippen molar-refractivity contribution >= 4 is 0 Å². The Labute approximate surface area is 118 Å². The topological polar surface area (TPSA) is 29.9 Å². The molecule has 1 unspecified atom stereocenters. The van der Waals surface area contributed by atoms with E-state index in [1.807, 2.05) is 0 Å². The Morgan fingerprint density at radius 2 is 1.71 bits per heavy atom. The molecule has 1 heterocycles. The zero-order valence-electron chi connectivity index (χ0n) is 11.6. The summed E-state index contributed by atoms with van der Waals surface area (Å²) in [5, 5.41) is 2.29. The van der Waals surface area contributed by atoms with Gasteiger partial charge in [0.1, 0.15) is 5.82 Å². The summed E-state index contributed by atoms with van der Waals surface area (Å²) in [5.74, 6) is -3.23. The minimum atomic E-state index is -5.37. The van der Waals surface area contributed by atoms with Crippen molar-refractivity contribution in [3.63, 3.8) is 0 Å². The molecule has 0 aliphatic heterocycles. The van der Waals surface area contributed by atoms with Crippen LogP contribution in [0.4, 0.5) is 26.3 Å². The van der Waals surface area contributed by atoms with Gasteiger partial charge in [-0.15, -0.1) is 0 Å². The number of rotatable bonds is 6. The molecule has 0 amide bonds. The highest BCUT2D eigenvalue weighted by molar-refractivity contribution is 4.99. The van der Waals surface area contributed by atoms with Crippen LogP contribution in [0.15, 0.2) is 12.4 Å². The van der Waals surface area contributed by atoms with Crippen LogP contribution in [-0.2, 0) is 13.0 Å². The number of alkyl halides is 6. The van der Waals surface area contributed by atoms with Crippen LogP contribution in [0.1, 0.15) is 19.7 Å². The van der Waals surface area contributed by atoms with Crippen LogP contribution in [0.3, 0.4) is 0 Å². The van der Waals surface area contributed by atoms with Gasteiger partial charge in [-0.2, -0.15) is 26.3 Å². The zero-order chi connectivity index (χ0) is 16.3. The molecule has 9 heteroatoms. The van der Waals surface area contributed by atoms with E-state index in [2.05, 4.69) is 10.3 Å². The summed E-state index contributed by atoms with van der Waals surface area (Å²) >= 11 is 0. The lowest BCUT2D eigenvalue weighted by Gasteiger charge is -2.31. The predicted molar refractivity (Wildman–Crippen MR) is 64.7 cm³/mol. The van der Waals surface area contributed by atoms with Gasteiger partial charge in [0.2, 0.25) is 0 Å². The van der Waals surface area contributed by atoms with Crippen molar-refractivity contribution < 1.29 is 26.3 Å². The lowest BCUT2D eigenvalue weighted by Crippen LogP contribution is -2.52. The first-order valence-corrected chi connectivity index (χ1v) is 6.48. The second-order valence-corrected chi connectivity index (χ2v) is 4.56. The zero-order valence-corrected chi connectivity index (χ0v) is 11.6. The van der Waals surface area contributed by atoms with Gasteiger partial charge in [-0.05, 0) is 13.5 Å². The molecule has 0 saturated heterocycles. The molecule has 0 aliphatic carbocycles. The molecule has 1 aromatic rings. The number of nitrogens with zero attached hydrogens (tertiary/aromatic N) is 2. The molecule has 0 bridgehead atoms. The largest absolute Gasteiger partial charge is 0.402 e. The summed E-state index contributed by atoms with van der Waals surface area (Å²) in [6.45, 7) is 3.62. The minimum Gasteiger partial charge on any atom is -0.335 e. The van der Waals surface area contributed by atoms with E-state index in [-0.39, 0.29) is 12.4 Å². The second-order valence-electron chi connectivity index (χ2n) is 4.56. The maximum Gasteiger partial charge on any atom is 0.402 e. The highest BCUT2D eigenvalue weighted by Gasteiger charge is 2.60. The molecule has 0 aliphatic rings. The van der Waals surface area contributed by atoms with Crippen LogP contribution in [0.25, 0.3) is 0 Å². The molecule has 122 valence electrons. The molecule has 1 N–H and O–H groups in total. The number of hydrogen-bond acceptors (Lipinski definition) is 2. The second kappa shape index (κ2) is 6.67. The molecule has 0 spiro atoms. The van der Waals surface area contributed by atoms with Gasteiger partial charge in [0.05, 0.1) is 0 Å². The normalized spacial score (nSPS) is 14.7. The van der Waals surface area contributed by atoms with Crippen molar-refractivity contribution in [3.05, 3.63) is 18.2 Å². The van der Waals surface area contributed by atoms with Gasteiger partial charge >= 0.3 is 12.4 Å². The molecule has 0 radical (unpaired) electrons. The van der Waals surface area contributed by atoms with Gasteiger partial charge in [-0.25, -0.2) is 4.98 Å². The fraction of sp³-hybridized carbons (Fsp3) is 0.750. The summed E-state index contributed by atoms with van der Waals surface area (Å²) in [4.78, 5) is 3.84. The van der Waals surface area contributed by atoms with Gasteiger partial charge in [-0.1, -0.05) is 6.92 Å². The summed E-state index contributed by atoms with van der Waals surface area (Å²) in [6, 6.07) is -1.80. The molecule has 3 nitrogen and oxygen atoms in total. The molecule has 0 fully saturated rings. The van der Waals surface area contributed by atoms with Crippen LogP contribution in [-0.4, -0.2) is 34.5 Å². The lowest BCUT2D eigenvalue weighted by molar-refractivity contribution is -0.291. The Morgan fingerprint density at radius 3 is 2.14 bits per heavy atom. The molecule has 0 aromatic carbocycles.